The first kappa shape index (κ1) is 29.2. The number of hydrogen-bond donors (Lipinski definition) is 3. The van der Waals surface area contributed by atoms with E-state index in [1.165, 1.54) is 0 Å². The number of ether oxygens (including phenoxy) is 3. The number of benzene rings is 1. The second kappa shape index (κ2) is 13.5. The number of nitrogens with one attached hydrogen (secondary N) is 1. The lowest BCUT2D eigenvalue weighted by Gasteiger charge is -2.40. The molecule has 3 heterocycles. The molecule has 2 aromatic heterocycles. The molecule has 3 aromatic rings. The van der Waals surface area contributed by atoms with Crippen LogP contribution in [0.15, 0.2) is 30.6 Å². The van der Waals surface area contributed by atoms with Gasteiger partial charge in [0, 0.05) is 51.8 Å². The van der Waals surface area contributed by atoms with Crippen molar-refractivity contribution in [2.45, 2.75) is 82.5 Å². The van der Waals surface area contributed by atoms with E-state index in [9.17, 15) is 5.11 Å². The molecule has 0 spiro atoms. The number of imidazole rings is 1. The van der Waals surface area contributed by atoms with Crippen molar-refractivity contribution in [2.75, 3.05) is 46.3 Å². The van der Waals surface area contributed by atoms with Gasteiger partial charge >= 0.3 is 0 Å². The summed E-state index contributed by atoms with van der Waals surface area (Å²) < 4.78 is 19.6. The first-order valence-corrected chi connectivity index (χ1v) is 14.8. The highest BCUT2D eigenvalue weighted by Crippen LogP contribution is 2.30. The smallest absolute Gasteiger partial charge is 0.163 e. The van der Waals surface area contributed by atoms with Gasteiger partial charge in [0.15, 0.2) is 12.2 Å². The highest BCUT2D eigenvalue weighted by Gasteiger charge is 2.33. The number of fused-ring (bicyclic) bond motifs is 3. The van der Waals surface area contributed by atoms with E-state index >= 15 is 0 Å². The first-order chi connectivity index (χ1) is 19.5. The van der Waals surface area contributed by atoms with Gasteiger partial charge in [-0.1, -0.05) is 25.1 Å². The normalized spacial score (nSPS) is 24.6. The number of likely N-dealkylation sites (tertiary alicyclic amines) is 1. The Morgan fingerprint density at radius 3 is 2.67 bits per heavy atom. The number of rotatable bonds is 12. The Hall–Kier alpha value is -2.34. The van der Waals surface area contributed by atoms with E-state index in [1.54, 1.807) is 14.2 Å². The van der Waals surface area contributed by atoms with Crippen LogP contribution in [0.4, 0.5) is 5.82 Å². The number of nitrogen functional groups attached to an aromatic ring is 1. The Bertz CT molecular complexity index is 1230. The quantitative estimate of drug-likeness (QED) is 0.227. The number of piperidine rings is 1. The van der Waals surface area contributed by atoms with Gasteiger partial charge in [-0.15, -0.1) is 0 Å². The summed E-state index contributed by atoms with van der Waals surface area (Å²) in [4.78, 5) is 11.3. The molecule has 1 aliphatic heterocycles. The molecule has 0 amide bonds. The minimum absolute atomic E-state index is 0.0584. The Morgan fingerprint density at radius 1 is 1.12 bits per heavy atom. The minimum atomic E-state index is -0.644. The molecular weight excluding hydrogens is 508 g/mol. The molecule has 10 heteroatoms. The minimum Gasteiger partial charge on any atom is -0.382 e. The largest absolute Gasteiger partial charge is 0.382 e. The SMILES string of the molecule is CCC(COCCC1CCN(C(O)N[C@H]2CCC(OC)CC2OC)CC1)n1cnc2c(N)nc3ccccc3c21. The van der Waals surface area contributed by atoms with Crippen molar-refractivity contribution in [1.82, 2.24) is 24.8 Å². The van der Waals surface area contributed by atoms with Crippen LogP contribution < -0.4 is 11.1 Å². The average Bonchev–Trinajstić information content (AvgIpc) is 3.44. The maximum absolute atomic E-state index is 10.9. The van der Waals surface area contributed by atoms with Crippen molar-refractivity contribution >= 4 is 27.8 Å². The van der Waals surface area contributed by atoms with Crippen LogP contribution in [-0.2, 0) is 14.2 Å². The molecule has 1 saturated heterocycles. The number of pyridine rings is 1. The highest BCUT2D eigenvalue weighted by molar-refractivity contribution is 6.06. The summed E-state index contributed by atoms with van der Waals surface area (Å²) in [6.45, 7) is 5.30. The van der Waals surface area contributed by atoms with Gasteiger partial charge in [0.25, 0.3) is 0 Å². The van der Waals surface area contributed by atoms with Crippen LogP contribution in [0.1, 0.15) is 57.9 Å². The van der Waals surface area contributed by atoms with Gasteiger partial charge < -0.3 is 29.6 Å². The standard InChI is InChI=1S/C30H46N6O4/c1-4-21(36-19-32-27-28(36)23-7-5-6-8-24(23)33-29(27)31)18-40-16-13-20-11-14-35(15-12-20)30(37)34-25-10-9-22(38-2)17-26(25)39-3/h5-8,19-22,25-26,30,34,37H,4,9-18H2,1-3H3,(H2,31,33)/t21?,22?,25-,26?,30?/m0/s1. The van der Waals surface area contributed by atoms with Crippen molar-refractivity contribution in [3.8, 4) is 0 Å². The zero-order chi connectivity index (χ0) is 28.1. The predicted octanol–water partition coefficient (Wildman–Crippen LogP) is 3.68. The van der Waals surface area contributed by atoms with Gasteiger partial charge in [-0.25, -0.2) is 9.97 Å². The number of methoxy groups -OCH3 is 2. The maximum atomic E-state index is 10.9. The van der Waals surface area contributed by atoms with E-state index < -0.39 is 6.35 Å². The second-order valence-electron chi connectivity index (χ2n) is 11.4. The third-order valence-electron chi connectivity index (χ3n) is 9.02. The first-order valence-electron chi connectivity index (χ1n) is 14.8. The van der Waals surface area contributed by atoms with Crippen LogP contribution in [0.3, 0.4) is 0 Å². The highest BCUT2D eigenvalue weighted by atomic mass is 16.5. The molecular formula is C30H46N6O4. The number of anilines is 1. The molecule has 1 aliphatic carbocycles. The molecule has 2 aliphatic rings. The van der Waals surface area contributed by atoms with Crippen molar-refractivity contribution in [3.63, 3.8) is 0 Å². The third-order valence-corrected chi connectivity index (χ3v) is 9.02. The van der Waals surface area contributed by atoms with Crippen molar-refractivity contribution in [3.05, 3.63) is 30.6 Å². The number of para-hydroxylation sites is 1. The number of nitrogens with zero attached hydrogens (tertiary/aromatic N) is 4. The van der Waals surface area contributed by atoms with Crippen molar-refractivity contribution in [2.24, 2.45) is 5.92 Å². The maximum Gasteiger partial charge on any atom is 0.163 e. The lowest BCUT2D eigenvalue weighted by molar-refractivity contribution is -0.0826. The fourth-order valence-corrected chi connectivity index (χ4v) is 6.45. The molecule has 0 bridgehead atoms. The van der Waals surface area contributed by atoms with Crippen LogP contribution >= 0.6 is 0 Å². The van der Waals surface area contributed by atoms with Gasteiger partial charge in [-0.05, 0) is 50.5 Å². The molecule has 10 nitrogen and oxygen atoms in total. The molecule has 5 atom stereocenters. The molecule has 220 valence electrons. The van der Waals surface area contributed by atoms with Crippen LogP contribution in [0.5, 0.6) is 0 Å². The lowest BCUT2D eigenvalue weighted by Crippen LogP contribution is -2.57. The van der Waals surface area contributed by atoms with Gasteiger partial charge in [0.2, 0.25) is 0 Å². The van der Waals surface area contributed by atoms with E-state index in [4.69, 9.17) is 19.9 Å². The van der Waals surface area contributed by atoms with Gasteiger partial charge in [-0.2, -0.15) is 0 Å². The average molecular weight is 555 g/mol. The summed E-state index contributed by atoms with van der Waals surface area (Å²) in [6, 6.07) is 8.39. The number of aromatic nitrogens is 3. The predicted molar refractivity (Wildman–Crippen MR) is 157 cm³/mol. The van der Waals surface area contributed by atoms with Crippen LogP contribution in [-0.4, -0.2) is 89.7 Å². The van der Waals surface area contributed by atoms with E-state index in [0.29, 0.717) is 18.3 Å². The van der Waals surface area contributed by atoms with E-state index in [1.807, 2.05) is 24.5 Å². The molecule has 0 radical (unpaired) electrons. The van der Waals surface area contributed by atoms with Gasteiger partial charge in [-0.3, -0.25) is 10.2 Å². The summed E-state index contributed by atoms with van der Waals surface area (Å²) in [6.07, 6.45) is 8.40. The summed E-state index contributed by atoms with van der Waals surface area (Å²) in [5.41, 5.74) is 8.89. The van der Waals surface area contributed by atoms with Gasteiger partial charge in [0.05, 0.1) is 42.2 Å². The molecule has 1 aromatic carbocycles. The number of hydrogen-bond acceptors (Lipinski definition) is 9. The fourth-order valence-electron chi connectivity index (χ4n) is 6.45. The third kappa shape index (κ3) is 6.42. The van der Waals surface area contributed by atoms with Crippen molar-refractivity contribution in [1.29, 1.82) is 0 Å². The Morgan fingerprint density at radius 2 is 1.93 bits per heavy atom. The Kier molecular flexibility index (Phi) is 9.88. The number of aliphatic hydroxyl groups excluding tert-OH is 1. The summed E-state index contributed by atoms with van der Waals surface area (Å²) >= 11 is 0. The van der Waals surface area contributed by atoms with Crippen LogP contribution in [0.25, 0.3) is 21.9 Å². The number of aliphatic hydroxyl groups is 1. The Balaban J connectivity index is 1.08. The molecule has 4 unspecified atom stereocenters. The zero-order valence-corrected chi connectivity index (χ0v) is 24.2. The number of nitrogens with two attached hydrogens (primary N) is 1. The summed E-state index contributed by atoms with van der Waals surface area (Å²) in [5.74, 6) is 1.07. The monoisotopic (exact) mass is 554 g/mol. The van der Waals surface area contributed by atoms with Crippen molar-refractivity contribution < 1.29 is 19.3 Å². The van der Waals surface area contributed by atoms with Crippen LogP contribution in [0, 0.1) is 5.92 Å². The fraction of sp³-hybridized carbons (Fsp3) is 0.667. The molecule has 4 N–H and O–H groups in total. The Labute approximate surface area is 237 Å². The topological polar surface area (TPSA) is 120 Å². The van der Waals surface area contributed by atoms with E-state index in [2.05, 4.69) is 37.7 Å². The van der Waals surface area contributed by atoms with E-state index in [-0.39, 0.29) is 24.3 Å². The second-order valence-corrected chi connectivity index (χ2v) is 11.4. The molecule has 40 heavy (non-hydrogen) atoms. The van der Waals surface area contributed by atoms with E-state index in [0.717, 1.165) is 86.6 Å². The van der Waals surface area contributed by atoms with Crippen LogP contribution in [0.2, 0.25) is 0 Å². The molecule has 1 saturated carbocycles. The molecule has 2 fully saturated rings. The lowest BCUT2D eigenvalue weighted by atomic mass is 9.90. The summed E-state index contributed by atoms with van der Waals surface area (Å²) in [7, 11) is 3.50. The summed E-state index contributed by atoms with van der Waals surface area (Å²) in [5, 5.41) is 15.4. The molecule has 5 rings (SSSR count). The zero-order valence-electron chi connectivity index (χ0n) is 24.2. The van der Waals surface area contributed by atoms with Gasteiger partial charge in [0.1, 0.15) is 5.52 Å².